The van der Waals surface area contributed by atoms with Gasteiger partial charge in [0.05, 0.1) is 20.3 Å². The van der Waals surface area contributed by atoms with Crippen molar-refractivity contribution in [2.45, 2.75) is 0 Å². The molecule has 0 radical (unpaired) electrons. The molecule has 0 unspecified atom stereocenters. The highest BCUT2D eigenvalue weighted by Crippen LogP contribution is 2.19. The summed E-state index contributed by atoms with van der Waals surface area (Å²) in [7, 11) is 2.02. The van der Waals surface area contributed by atoms with E-state index in [1.54, 1.807) is 0 Å². The van der Waals surface area contributed by atoms with Gasteiger partial charge in [0.15, 0.2) is 0 Å². The Balaban J connectivity index is 2.87. The van der Waals surface area contributed by atoms with Gasteiger partial charge in [-0.2, -0.15) is 0 Å². The fraction of sp³-hybridized carbons (Fsp3) is 0.455. The van der Waals surface area contributed by atoms with E-state index in [1.165, 1.54) is 0 Å². The largest absolute Gasteiger partial charge is 0.390 e. The summed E-state index contributed by atoms with van der Waals surface area (Å²) in [6, 6.07) is 9.95. The van der Waals surface area contributed by atoms with Crippen molar-refractivity contribution < 1.29 is 10.2 Å². The lowest BCUT2D eigenvalue weighted by molar-refractivity contribution is 0.185. The summed E-state index contributed by atoms with van der Waals surface area (Å²) >= 11 is 0. The first kappa shape index (κ1) is 11.2. The molecule has 0 heterocycles. The summed E-state index contributed by atoms with van der Waals surface area (Å²) in [5.41, 5.74) is 1.12. The van der Waals surface area contributed by atoms with Gasteiger partial charge >= 0.3 is 0 Å². The summed E-state index contributed by atoms with van der Waals surface area (Å²) in [6.07, 6.45) is 0. The van der Waals surface area contributed by atoms with E-state index in [-0.39, 0.29) is 13.2 Å². The Hall–Kier alpha value is -0.900. The van der Waals surface area contributed by atoms with Gasteiger partial charge in [0.25, 0.3) is 0 Å². The topological polar surface area (TPSA) is 40.5 Å². The number of aliphatic hydroxyl groups excluding tert-OH is 2. The highest BCUT2D eigenvalue weighted by Gasteiger charge is 2.22. The highest BCUT2D eigenvalue weighted by atomic mass is 16.3. The molecule has 0 aromatic heterocycles. The summed E-state index contributed by atoms with van der Waals surface area (Å²) in [5, 5.41) is 18.0. The van der Waals surface area contributed by atoms with Gasteiger partial charge in [-0.25, -0.2) is 0 Å². The Morgan fingerprint density at radius 2 is 1.50 bits per heavy atom. The van der Waals surface area contributed by atoms with Gasteiger partial charge in [0, 0.05) is 0 Å². The van der Waals surface area contributed by atoms with Crippen LogP contribution in [0.25, 0.3) is 0 Å². The molecule has 0 spiro atoms. The minimum Gasteiger partial charge on any atom is -0.390 e. The van der Waals surface area contributed by atoms with Crippen molar-refractivity contribution in [3.63, 3.8) is 0 Å². The average Bonchev–Trinajstić information content (AvgIpc) is 2.20. The summed E-state index contributed by atoms with van der Waals surface area (Å²) in [5.74, 6) is 0. The van der Waals surface area contributed by atoms with Gasteiger partial charge in [-0.05, 0) is 12.1 Å². The van der Waals surface area contributed by atoms with Crippen molar-refractivity contribution >= 4 is 5.69 Å². The zero-order valence-corrected chi connectivity index (χ0v) is 8.56. The SMILES string of the molecule is C[N+](CCO)(CCO)c1ccccc1. The number of quaternary nitrogens is 1. The highest BCUT2D eigenvalue weighted by molar-refractivity contribution is 5.41. The summed E-state index contributed by atoms with van der Waals surface area (Å²) < 4.78 is 0.577. The molecular weight excluding hydrogens is 178 g/mol. The monoisotopic (exact) mass is 196 g/mol. The zero-order chi connectivity index (χ0) is 10.4. The maximum absolute atomic E-state index is 8.99. The maximum Gasteiger partial charge on any atom is 0.132 e. The van der Waals surface area contributed by atoms with Gasteiger partial charge in [-0.1, -0.05) is 18.2 Å². The van der Waals surface area contributed by atoms with Gasteiger partial charge in [-0.3, -0.25) is 4.48 Å². The second-order valence-corrected chi connectivity index (χ2v) is 3.63. The second kappa shape index (κ2) is 5.10. The molecule has 0 saturated carbocycles. The molecule has 0 aliphatic heterocycles. The van der Waals surface area contributed by atoms with E-state index in [4.69, 9.17) is 10.2 Å². The fourth-order valence-electron chi connectivity index (χ4n) is 1.60. The molecule has 0 aliphatic rings. The van der Waals surface area contributed by atoms with Crippen LogP contribution in [0, 0.1) is 0 Å². The van der Waals surface area contributed by atoms with E-state index in [2.05, 4.69) is 0 Å². The number of aliphatic hydroxyl groups is 2. The third-order valence-electron chi connectivity index (χ3n) is 2.57. The van der Waals surface area contributed by atoms with Gasteiger partial charge in [0.2, 0.25) is 0 Å². The van der Waals surface area contributed by atoms with Gasteiger partial charge in [0.1, 0.15) is 18.8 Å². The van der Waals surface area contributed by atoms with E-state index in [9.17, 15) is 0 Å². The normalized spacial score (nSPS) is 11.6. The molecule has 0 bridgehead atoms. The number of benzene rings is 1. The molecule has 2 N–H and O–H groups in total. The maximum atomic E-state index is 8.99. The van der Waals surface area contributed by atoms with Crippen LogP contribution in [0.3, 0.4) is 0 Å². The molecule has 1 aromatic carbocycles. The number of nitrogens with zero attached hydrogens (tertiary/aromatic N) is 1. The van der Waals surface area contributed by atoms with Crippen LogP contribution in [0.5, 0.6) is 0 Å². The molecule has 1 aromatic rings. The molecule has 0 saturated heterocycles. The van der Waals surface area contributed by atoms with Crippen LogP contribution in [0.4, 0.5) is 5.69 Å². The van der Waals surface area contributed by atoms with Gasteiger partial charge < -0.3 is 10.2 Å². The predicted octanol–water partition coefficient (Wildman–Crippen LogP) is 0.608. The van der Waals surface area contributed by atoms with Crippen LogP contribution in [0.15, 0.2) is 30.3 Å². The van der Waals surface area contributed by atoms with Crippen molar-refractivity contribution in [3.05, 3.63) is 30.3 Å². The van der Waals surface area contributed by atoms with Crippen LogP contribution in [-0.2, 0) is 0 Å². The third-order valence-corrected chi connectivity index (χ3v) is 2.57. The van der Waals surface area contributed by atoms with Crippen LogP contribution in [0.1, 0.15) is 0 Å². The smallest absolute Gasteiger partial charge is 0.132 e. The van der Waals surface area contributed by atoms with Crippen molar-refractivity contribution in [1.82, 2.24) is 4.48 Å². The van der Waals surface area contributed by atoms with E-state index in [0.29, 0.717) is 17.6 Å². The lowest BCUT2D eigenvalue weighted by Gasteiger charge is -2.32. The number of para-hydroxylation sites is 1. The zero-order valence-electron chi connectivity index (χ0n) is 8.56. The Morgan fingerprint density at radius 3 is 1.93 bits per heavy atom. The molecule has 78 valence electrons. The number of likely N-dealkylation sites (N-methyl/N-ethyl adjacent to an activating group) is 1. The second-order valence-electron chi connectivity index (χ2n) is 3.63. The Kier molecular flexibility index (Phi) is 4.07. The molecule has 14 heavy (non-hydrogen) atoms. The van der Waals surface area contributed by atoms with Crippen molar-refractivity contribution in [1.29, 1.82) is 0 Å². The molecule has 0 aliphatic carbocycles. The van der Waals surface area contributed by atoms with Crippen molar-refractivity contribution in [2.24, 2.45) is 0 Å². The van der Waals surface area contributed by atoms with Gasteiger partial charge in [-0.15, -0.1) is 0 Å². The average molecular weight is 196 g/mol. The molecule has 3 heteroatoms. The lowest BCUT2D eigenvalue weighted by atomic mass is 10.2. The van der Waals surface area contributed by atoms with Crippen molar-refractivity contribution in [3.8, 4) is 0 Å². The van der Waals surface area contributed by atoms with Crippen LogP contribution < -0.4 is 4.48 Å². The first-order valence-corrected chi connectivity index (χ1v) is 4.85. The first-order chi connectivity index (χ1) is 6.73. The number of hydrogen-bond acceptors (Lipinski definition) is 2. The van der Waals surface area contributed by atoms with Crippen LogP contribution >= 0.6 is 0 Å². The lowest BCUT2D eigenvalue weighted by Crippen LogP contribution is -2.49. The quantitative estimate of drug-likeness (QED) is 0.677. The number of hydrogen-bond donors (Lipinski definition) is 2. The first-order valence-electron chi connectivity index (χ1n) is 4.85. The van der Waals surface area contributed by atoms with E-state index >= 15 is 0 Å². The molecule has 0 fully saturated rings. The van der Waals surface area contributed by atoms with E-state index in [0.717, 1.165) is 5.69 Å². The minimum absolute atomic E-state index is 0.130. The Labute approximate surface area is 84.8 Å². The molecule has 0 atom stereocenters. The molecule has 3 nitrogen and oxygen atoms in total. The third kappa shape index (κ3) is 2.54. The molecule has 1 rings (SSSR count). The van der Waals surface area contributed by atoms with E-state index < -0.39 is 0 Å². The van der Waals surface area contributed by atoms with Crippen molar-refractivity contribution in [2.75, 3.05) is 33.4 Å². The minimum atomic E-state index is 0.130. The standard InChI is InChI=1S/C11H18NO2/c1-12(7-9-13,8-10-14)11-5-3-2-4-6-11/h2-6,13-14H,7-10H2,1H3/q+1. The Bertz CT molecular complexity index is 255. The molecule has 0 amide bonds. The fourth-order valence-corrected chi connectivity index (χ4v) is 1.60. The molecular formula is C11H18NO2+. The van der Waals surface area contributed by atoms with Crippen LogP contribution in [0.2, 0.25) is 0 Å². The number of rotatable bonds is 5. The predicted molar refractivity (Wildman–Crippen MR) is 58.1 cm³/mol. The van der Waals surface area contributed by atoms with Crippen LogP contribution in [-0.4, -0.2) is 43.6 Å². The Morgan fingerprint density at radius 1 is 1.00 bits per heavy atom. The summed E-state index contributed by atoms with van der Waals surface area (Å²) in [4.78, 5) is 0. The van der Waals surface area contributed by atoms with E-state index in [1.807, 2.05) is 37.4 Å². The summed E-state index contributed by atoms with van der Waals surface area (Å²) in [6.45, 7) is 1.52.